The molecule has 11 heteroatoms. The quantitative estimate of drug-likeness (QED) is 0.314. The zero-order valence-electron chi connectivity index (χ0n) is 14.4. The van der Waals surface area contributed by atoms with E-state index in [2.05, 4.69) is 31.4 Å². The molecule has 1 N–H and O–H groups in total. The number of thioether (sulfide) groups is 1. The van der Waals surface area contributed by atoms with E-state index in [1.165, 1.54) is 25.3 Å². The van der Waals surface area contributed by atoms with E-state index < -0.39 is 10.8 Å². The Kier molecular flexibility index (Phi) is 6.26. The number of rotatable bonds is 7. The van der Waals surface area contributed by atoms with Crippen molar-refractivity contribution in [1.29, 1.82) is 0 Å². The number of benzene rings is 2. The largest absolute Gasteiger partial charge is 0.495 e. The van der Waals surface area contributed by atoms with Crippen LogP contribution in [0.15, 0.2) is 56.6 Å². The highest BCUT2D eigenvalue weighted by atomic mass is 79.9. The number of hydrogen-bond acceptors (Lipinski definition) is 8. The summed E-state index contributed by atoms with van der Waals surface area (Å²) in [5.41, 5.74) is 0.799. The first-order valence-electron chi connectivity index (χ1n) is 7.81. The van der Waals surface area contributed by atoms with Crippen molar-refractivity contribution in [1.82, 2.24) is 10.2 Å². The summed E-state index contributed by atoms with van der Waals surface area (Å²) in [7, 11) is 1.41. The number of hydrogen-bond donors (Lipinski definition) is 1. The van der Waals surface area contributed by atoms with E-state index in [1.807, 2.05) is 24.3 Å². The van der Waals surface area contributed by atoms with Gasteiger partial charge in [-0.15, -0.1) is 10.2 Å². The fourth-order valence-corrected chi connectivity index (χ4v) is 3.25. The lowest BCUT2D eigenvalue weighted by Crippen LogP contribution is -2.14. The van der Waals surface area contributed by atoms with Gasteiger partial charge in [-0.05, 0) is 34.1 Å². The monoisotopic (exact) mass is 464 g/mol. The molecule has 2 aromatic carbocycles. The number of non-ortho nitro benzene ring substituents is 1. The summed E-state index contributed by atoms with van der Waals surface area (Å²) in [6, 6.07) is 11.3. The fraction of sp³-hybridized carbons (Fsp3) is 0.118. The van der Waals surface area contributed by atoms with E-state index in [4.69, 9.17) is 9.15 Å². The molecule has 0 radical (unpaired) electrons. The fourth-order valence-electron chi connectivity index (χ4n) is 2.23. The first kappa shape index (κ1) is 19.8. The first-order chi connectivity index (χ1) is 13.5. The highest BCUT2D eigenvalue weighted by molar-refractivity contribution is 9.10. The van der Waals surface area contributed by atoms with Crippen molar-refractivity contribution >= 4 is 45.0 Å². The van der Waals surface area contributed by atoms with E-state index in [0.717, 1.165) is 21.8 Å². The van der Waals surface area contributed by atoms with Crippen LogP contribution in [0.4, 0.5) is 11.4 Å². The van der Waals surface area contributed by atoms with Gasteiger partial charge in [0.15, 0.2) is 0 Å². The summed E-state index contributed by atoms with van der Waals surface area (Å²) < 4.78 is 11.5. The predicted molar refractivity (Wildman–Crippen MR) is 106 cm³/mol. The average molecular weight is 465 g/mol. The Morgan fingerprint density at radius 1 is 1.32 bits per heavy atom. The normalized spacial score (nSPS) is 10.5. The molecule has 3 rings (SSSR count). The van der Waals surface area contributed by atoms with Gasteiger partial charge in [-0.3, -0.25) is 14.9 Å². The van der Waals surface area contributed by atoms with Crippen LogP contribution in [-0.4, -0.2) is 33.9 Å². The van der Waals surface area contributed by atoms with Crippen molar-refractivity contribution in [3.8, 4) is 17.2 Å². The zero-order chi connectivity index (χ0) is 20.1. The van der Waals surface area contributed by atoms with Crippen molar-refractivity contribution in [3.63, 3.8) is 0 Å². The molecule has 0 saturated heterocycles. The number of methoxy groups -OCH3 is 1. The topological polar surface area (TPSA) is 120 Å². The van der Waals surface area contributed by atoms with Gasteiger partial charge in [0.2, 0.25) is 11.8 Å². The van der Waals surface area contributed by atoms with E-state index in [9.17, 15) is 14.9 Å². The number of carbonyl (C=O) groups excluding carboxylic acids is 1. The second-order valence-electron chi connectivity index (χ2n) is 5.33. The smallest absolute Gasteiger partial charge is 0.277 e. The van der Waals surface area contributed by atoms with Crippen LogP contribution in [-0.2, 0) is 4.79 Å². The molecule has 0 fully saturated rings. The van der Waals surface area contributed by atoms with Crippen molar-refractivity contribution in [2.45, 2.75) is 5.22 Å². The molecular weight excluding hydrogens is 452 g/mol. The summed E-state index contributed by atoms with van der Waals surface area (Å²) in [6.07, 6.45) is 0. The Labute approximate surface area is 171 Å². The third kappa shape index (κ3) is 4.67. The number of anilines is 1. The van der Waals surface area contributed by atoms with Gasteiger partial charge in [0.1, 0.15) is 5.75 Å². The minimum atomic E-state index is -0.550. The van der Waals surface area contributed by atoms with Gasteiger partial charge in [0.05, 0.1) is 29.0 Å². The molecule has 0 aliphatic rings. The summed E-state index contributed by atoms with van der Waals surface area (Å²) in [6.45, 7) is 0. The molecule has 0 aliphatic carbocycles. The number of nitro benzene ring substituents is 1. The second kappa shape index (κ2) is 8.85. The number of halogens is 1. The van der Waals surface area contributed by atoms with Crippen molar-refractivity contribution in [2.24, 2.45) is 0 Å². The number of amides is 1. The third-order valence-electron chi connectivity index (χ3n) is 3.51. The molecule has 144 valence electrons. The van der Waals surface area contributed by atoms with Crippen LogP contribution >= 0.6 is 27.7 Å². The highest BCUT2D eigenvalue weighted by Crippen LogP contribution is 2.30. The number of ether oxygens (including phenoxy) is 1. The van der Waals surface area contributed by atoms with E-state index in [1.54, 1.807) is 0 Å². The Balaban J connectivity index is 1.65. The SMILES string of the molecule is COc1ccc([N+](=O)[O-])cc1NC(=O)CSc1nnc(-c2ccccc2Br)o1. The van der Waals surface area contributed by atoms with Crippen molar-refractivity contribution in [2.75, 3.05) is 18.2 Å². The standard InChI is InChI=1S/C17H13BrN4O5S/c1-26-14-7-6-10(22(24)25)8-13(14)19-15(23)9-28-17-21-20-16(27-17)11-4-2-3-5-12(11)18/h2-8H,9H2,1H3,(H,19,23). The number of aromatic nitrogens is 2. The molecule has 9 nitrogen and oxygen atoms in total. The molecule has 1 amide bonds. The van der Waals surface area contributed by atoms with E-state index in [-0.39, 0.29) is 22.4 Å². The summed E-state index contributed by atoms with van der Waals surface area (Å²) >= 11 is 4.46. The van der Waals surface area contributed by atoms with Gasteiger partial charge < -0.3 is 14.5 Å². The summed E-state index contributed by atoms with van der Waals surface area (Å²) in [5, 5.41) is 21.6. The summed E-state index contributed by atoms with van der Waals surface area (Å²) in [4.78, 5) is 22.6. The van der Waals surface area contributed by atoms with Crippen molar-refractivity contribution < 1.29 is 18.9 Å². The van der Waals surface area contributed by atoms with E-state index >= 15 is 0 Å². The summed E-state index contributed by atoms with van der Waals surface area (Å²) in [5.74, 6) is 0.224. The highest BCUT2D eigenvalue weighted by Gasteiger charge is 2.16. The van der Waals surface area contributed by atoms with Crippen LogP contribution in [0.1, 0.15) is 0 Å². The average Bonchev–Trinajstić information content (AvgIpc) is 3.15. The molecule has 0 aliphatic heterocycles. The van der Waals surface area contributed by atoms with Crippen LogP contribution in [0.25, 0.3) is 11.5 Å². The molecule has 1 heterocycles. The van der Waals surface area contributed by atoms with Crippen LogP contribution < -0.4 is 10.1 Å². The Morgan fingerprint density at radius 2 is 2.11 bits per heavy atom. The maximum atomic E-state index is 12.2. The molecule has 0 spiro atoms. The second-order valence-corrected chi connectivity index (χ2v) is 7.11. The van der Waals surface area contributed by atoms with Gasteiger partial charge in [0, 0.05) is 16.6 Å². The third-order valence-corrected chi connectivity index (χ3v) is 5.02. The maximum Gasteiger partial charge on any atom is 0.277 e. The number of nitrogens with one attached hydrogen (secondary N) is 1. The lowest BCUT2D eigenvalue weighted by molar-refractivity contribution is -0.384. The lowest BCUT2D eigenvalue weighted by Gasteiger charge is -2.09. The van der Waals surface area contributed by atoms with Gasteiger partial charge in [-0.1, -0.05) is 23.9 Å². The maximum absolute atomic E-state index is 12.2. The lowest BCUT2D eigenvalue weighted by atomic mass is 10.2. The van der Waals surface area contributed by atoms with Crippen LogP contribution in [0, 0.1) is 10.1 Å². The van der Waals surface area contributed by atoms with Crippen LogP contribution in [0.2, 0.25) is 0 Å². The van der Waals surface area contributed by atoms with Gasteiger partial charge in [-0.2, -0.15) is 0 Å². The number of nitro groups is 1. The number of carbonyl (C=O) groups is 1. The van der Waals surface area contributed by atoms with Crippen molar-refractivity contribution in [3.05, 3.63) is 57.1 Å². The molecule has 0 unspecified atom stereocenters. The Bertz CT molecular complexity index is 1030. The minimum absolute atomic E-state index is 0.0244. The number of nitrogens with zero attached hydrogens (tertiary/aromatic N) is 3. The van der Waals surface area contributed by atoms with E-state index in [0.29, 0.717) is 11.6 Å². The Morgan fingerprint density at radius 3 is 2.82 bits per heavy atom. The molecule has 28 heavy (non-hydrogen) atoms. The predicted octanol–water partition coefficient (Wildman–Crippen LogP) is 4.15. The first-order valence-corrected chi connectivity index (χ1v) is 9.59. The molecule has 0 atom stereocenters. The molecule has 0 saturated carbocycles. The van der Waals surface area contributed by atoms with Crippen LogP contribution in [0.5, 0.6) is 5.75 Å². The van der Waals surface area contributed by atoms with Gasteiger partial charge in [-0.25, -0.2) is 0 Å². The molecule has 1 aromatic heterocycles. The zero-order valence-corrected chi connectivity index (χ0v) is 16.8. The van der Waals surface area contributed by atoms with Gasteiger partial charge >= 0.3 is 0 Å². The minimum Gasteiger partial charge on any atom is -0.495 e. The van der Waals surface area contributed by atoms with Gasteiger partial charge in [0.25, 0.3) is 10.9 Å². The Hall–Kier alpha value is -2.92. The van der Waals surface area contributed by atoms with Crippen LogP contribution in [0.3, 0.4) is 0 Å². The molecule has 0 bridgehead atoms. The molecule has 3 aromatic rings. The molecular formula is C17H13BrN4O5S.